The first kappa shape index (κ1) is 37.9. The van der Waals surface area contributed by atoms with Crippen molar-refractivity contribution in [3.63, 3.8) is 0 Å². The van der Waals surface area contributed by atoms with Crippen molar-refractivity contribution in [3.05, 3.63) is 221 Å². The smallest absolute Gasteiger partial charge is 0.136 e. The zero-order valence-corrected chi connectivity index (χ0v) is 40.0. The van der Waals surface area contributed by atoms with Crippen LogP contribution in [0.15, 0.2) is 187 Å². The highest BCUT2D eigenvalue weighted by Crippen LogP contribution is 2.38. The molecule has 4 heterocycles. The predicted molar refractivity (Wildman–Crippen MR) is 284 cm³/mol. The zero-order chi connectivity index (χ0) is 52.4. The Labute approximate surface area is 410 Å². The van der Waals surface area contributed by atoms with Crippen LogP contribution in [0.25, 0.3) is 66.5 Å². The first-order chi connectivity index (χ1) is 35.0. The molecule has 68 heavy (non-hydrogen) atoms. The van der Waals surface area contributed by atoms with E-state index in [-0.39, 0.29) is 16.7 Å². The van der Waals surface area contributed by atoms with Crippen LogP contribution in [0.1, 0.15) is 95.6 Å². The average molecular weight is 894 g/mol. The van der Waals surface area contributed by atoms with Crippen LogP contribution in [0.5, 0.6) is 0 Å². The summed E-state index contributed by atoms with van der Waals surface area (Å²) in [6, 6.07) is 53.7. The fraction of sp³-hybridized carbons (Fsp3) is 0.234. The Hall–Kier alpha value is -7.17. The van der Waals surface area contributed by atoms with Crippen molar-refractivity contribution < 1.29 is 12.6 Å². The second-order valence-electron chi connectivity index (χ2n) is 20.5. The summed E-state index contributed by atoms with van der Waals surface area (Å²) in [7, 11) is 0. The van der Waals surface area contributed by atoms with E-state index in [2.05, 4.69) is 58.0 Å². The van der Waals surface area contributed by atoms with Gasteiger partial charge < -0.3 is 4.42 Å². The molecule has 338 valence electrons. The monoisotopic (exact) mass is 894 g/mol. The molecule has 0 radical (unpaired) electrons. The van der Waals surface area contributed by atoms with Gasteiger partial charge in [0.05, 0.1) is 17.1 Å². The minimum atomic E-state index is -2.77. The summed E-state index contributed by atoms with van der Waals surface area (Å²) in [5.41, 5.74) is 8.25. The van der Waals surface area contributed by atoms with Crippen LogP contribution in [0.4, 0.5) is 0 Å². The van der Waals surface area contributed by atoms with E-state index in [1.54, 1.807) is 39.0 Å². The Balaban J connectivity index is 1.06. The molecule has 4 nitrogen and oxygen atoms in total. The van der Waals surface area contributed by atoms with E-state index in [1.807, 2.05) is 128 Å². The summed E-state index contributed by atoms with van der Waals surface area (Å²) in [6.07, 6.45) is -1.37. The number of fused-ring (bicyclic) bond motifs is 5. The Bertz CT molecular complexity index is 3560. The SMILES string of the molecule is [2H]C([2H])(c1cc(-c2ccc3oc4ccc5ccccc5c4c3c2)ncc1C([2H])([2H])C([2H])([2H])c1cc(CC(C)(C)c2ccc(-c3ccccc3)nc2)cc(CC(C)(C)c2ccc(-c3ccccc3)nc2)c1)C(C)(C)C. The molecular formula is C64H61N3O. The van der Waals surface area contributed by atoms with Crippen molar-refractivity contribution in [2.45, 2.75) is 91.3 Å². The molecule has 4 heteroatoms. The largest absolute Gasteiger partial charge is 0.456 e. The van der Waals surface area contributed by atoms with E-state index in [0.29, 0.717) is 29.7 Å². The highest BCUT2D eigenvalue weighted by Gasteiger charge is 2.26. The highest BCUT2D eigenvalue weighted by molar-refractivity contribution is 6.19. The summed E-state index contributed by atoms with van der Waals surface area (Å²) in [4.78, 5) is 14.6. The maximum absolute atomic E-state index is 10.0. The fourth-order valence-corrected chi connectivity index (χ4v) is 9.48. The molecule has 0 spiro atoms. The Morgan fingerprint density at radius 1 is 0.441 bits per heavy atom. The lowest BCUT2D eigenvalue weighted by molar-refractivity contribution is 0.409. The van der Waals surface area contributed by atoms with Gasteiger partial charge >= 0.3 is 0 Å². The standard InChI is InChI=1S/C64H61N3O/c1-62(2,3)39-51-36-58(49-25-30-59-55(35-49)61-54-21-15-14-16-46(54)24-31-60(61)68-59)65-40-50(51)23-22-43-32-44(37-63(4,5)52-26-28-56(66-41-52)47-17-10-8-11-18-47)34-45(33-43)38-64(6,7)53-27-29-57(67-42-53)48-19-12-9-13-20-48/h8-21,24-36,40-42H,22-23,37-39H2,1-7H3/i22D2,23D2,39D2. The van der Waals surface area contributed by atoms with Gasteiger partial charge in [-0.15, -0.1) is 0 Å². The van der Waals surface area contributed by atoms with Gasteiger partial charge in [0.15, 0.2) is 0 Å². The number of rotatable bonds is 13. The number of aryl methyl sites for hydroxylation is 2. The Kier molecular flexibility index (Phi) is 10.1. The van der Waals surface area contributed by atoms with Gasteiger partial charge in [-0.25, -0.2) is 0 Å². The molecule has 0 bridgehead atoms. The molecule has 0 aliphatic carbocycles. The maximum atomic E-state index is 10.0. The molecule has 0 aliphatic rings. The molecule has 0 atom stereocenters. The van der Waals surface area contributed by atoms with Crippen LogP contribution in [0.3, 0.4) is 0 Å². The van der Waals surface area contributed by atoms with Crippen molar-refractivity contribution in [2.24, 2.45) is 5.41 Å². The van der Waals surface area contributed by atoms with Crippen molar-refractivity contribution in [3.8, 4) is 33.8 Å². The number of benzene rings is 6. The molecule has 0 fully saturated rings. The lowest BCUT2D eigenvalue weighted by Crippen LogP contribution is -2.23. The number of hydrogen-bond donors (Lipinski definition) is 0. The molecule has 10 rings (SSSR count). The molecule has 0 N–H and O–H groups in total. The summed E-state index contributed by atoms with van der Waals surface area (Å²) >= 11 is 0. The molecule has 0 saturated carbocycles. The minimum absolute atomic E-state index is 0.0445. The van der Waals surface area contributed by atoms with Crippen LogP contribution >= 0.6 is 0 Å². The van der Waals surface area contributed by atoms with E-state index in [9.17, 15) is 8.22 Å². The van der Waals surface area contributed by atoms with Crippen molar-refractivity contribution in [1.82, 2.24) is 15.0 Å². The van der Waals surface area contributed by atoms with Crippen LogP contribution in [0.2, 0.25) is 0 Å². The summed E-state index contributed by atoms with van der Waals surface area (Å²) in [5.74, 6) is 0. The maximum Gasteiger partial charge on any atom is 0.136 e. The molecule has 0 saturated heterocycles. The third-order valence-electron chi connectivity index (χ3n) is 13.0. The average Bonchev–Trinajstić information content (AvgIpc) is 3.78. The van der Waals surface area contributed by atoms with Crippen LogP contribution in [-0.2, 0) is 42.8 Å². The van der Waals surface area contributed by atoms with Crippen LogP contribution < -0.4 is 0 Å². The van der Waals surface area contributed by atoms with E-state index < -0.39 is 35.4 Å². The van der Waals surface area contributed by atoms with Crippen molar-refractivity contribution >= 4 is 32.7 Å². The van der Waals surface area contributed by atoms with E-state index >= 15 is 0 Å². The summed E-state index contributed by atoms with van der Waals surface area (Å²) in [6.45, 7) is 14.0. The predicted octanol–water partition coefficient (Wildman–Crippen LogP) is 16.3. The molecule has 0 aliphatic heterocycles. The Morgan fingerprint density at radius 3 is 1.59 bits per heavy atom. The van der Waals surface area contributed by atoms with E-state index in [4.69, 9.17) is 19.4 Å². The lowest BCUT2D eigenvalue weighted by Gasteiger charge is -2.28. The second kappa shape index (κ2) is 18.1. The number of nitrogens with zero attached hydrogens (tertiary/aromatic N) is 3. The zero-order valence-electron chi connectivity index (χ0n) is 46.0. The van der Waals surface area contributed by atoms with Gasteiger partial charge in [-0.05, 0) is 140 Å². The van der Waals surface area contributed by atoms with Gasteiger partial charge in [0.25, 0.3) is 0 Å². The summed E-state index contributed by atoms with van der Waals surface area (Å²) < 4.78 is 65.6. The van der Waals surface area contributed by atoms with Crippen LogP contribution in [-0.4, -0.2) is 15.0 Å². The van der Waals surface area contributed by atoms with Gasteiger partial charge in [-0.2, -0.15) is 0 Å². The Morgan fingerprint density at radius 2 is 1.00 bits per heavy atom. The molecule has 6 aromatic carbocycles. The van der Waals surface area contributed by atoms with Crippen molar-refractivity contribution in [1.29, 1.82) is 0 Å². The third kappa shape index (κ3) is 9.64. The van der Waals surface area contributed by atoms with Gasteiger partial charge in [0.2, 0.25) is 0 Å². The normalized spacial score (nSPS) is 14.3. The van der Waals surface area contributed by atoms with E-state index in [1.165, 1.54) is 6.20 Å². The molecule has 10 aromatic rings. The number of aromatic nitrogens is 3. The lowest BCUT2D eigenvalue weighted by atomic mass is 9.77. The first-order valence-electron chi connectivity index (χ1n) is 26.6. The molecule has 0 unspecified atom stereocenters. The third-order valence-corrected chi connectivity index (χ3v) is 13.0. The minimum Gasteiger partial charge on any atom is -0.456 e. The first-order valence-corrected chi connectivity index (χ1v) is 23.6. The van der Waals surface area contributed by atoms with Gasteiger partial charge in [0.1, 0.15) is 11.2 Å². The molecule has 4 aromatic heterocycles. The van der Waals surface area contributed by atoms with Gasteiger partial charge in [-0.3, -0.25) is 15.0 Å². The van der Waals surface area contributed by atoms with E-state index in [0.717, 1.165) is 71.9 Å². The van der Waals surface area contributed by atoms with Gasteiger partial charge in [0, 0.05) is 54.3 Å². The number of hydrogen-bond acceptors (Lipinski definition) is 4. The summed E-state index contributed by atoms with van der Waals surface area (Å²) in [5, 5.41) is 3.98. The molecule has 0 amide bonds. The second-order valence-corrected chi connectivity index (χ2v) is 20.5. The highest BCUT2D eigenvalue weighted by atomic mass is 16.3. The fourth-order valence-electron chi connectivity index (χ4n) is 9.48. The van der Waals surface area contributed by atoms with Crippen LogP contribution in [0, 0.1) is 5.41 Å². The topological polar surface area (TPSA) is 51.8 Å². The number of furan rings is 1. The number of pyridine rings is 3. The van der Waals surface area contributed by atoms with Crippen molar-refractivity contribution in [2.75, 3.05) is 0 Å². The molecular weight excluding hydrogens is 827 g/mol. The van der Waals surface area contributed by atoms with Gasteiger partial charge in [-0.1, -0.05) is 170 Å². The quantitative estimate of drug-likeness (QED) is 0.116.